The third-order valence-electron chi connectivity index (χ3n) is 2.45. The Bertz CT molecular complexity index is 321. The van der Waals surface area contributed by atoms with Gasteiger partial charge in [-0.2, -0.15) is 0 Å². The van der Waals surface area contributed by atoms with Gasteiger partial charge in [0.2, 0.25) is 0 Å². The van der Waals surface area contributed by atoms with Gasteiger partial charge in [-0.3, -0.25) is 0 Å². The minimum absolute atomic E-state index is 0.482. The van der Waals surface area contributed by atoms with Crippen LogP contribution in [0.2, 0.25) is 0 Å². The van der Waals surface area contributed by atoms with Crippen LogP contribution in [0.15, 0.2) is 6.33 Å². The molecule has 0 amide bonds. The summed E-state index contributed by atoms with van der Waals surface area (Å²) in [6, 6.07) is 0.482. The van der Waals surface area contributed by atoms with E-state index in [9.17, 15) is 0 Å². The van der Waals surface area contributed by atoms with Crippen LogP contribution in [0, 0.1) is 0 Å². The van der Waals surface area contributed by atoms with Crippen LogP contribution in [-0.4, -0.2) is 22.6 Å². The van der Waals surface area contributed by atoms with Gasteiger partial charge in [0.1, 0.15) is 18.0 Å². The van der Waals surface area contributed by atoms with Crippen molar-refractivity contribution in [3.63, 3.8) is 0 Å². The van der Waals surface area contributed by atoms with Crippen LogP contribution in [0.5, 0.6) is 0 Å². The number of nitrogen functional groups attached to an aromatic ring is 1. The van der Waals surface area contributed by atoms with E-state index in [0.29, 0.717) is 11.9 Å². The van der Waals surface area contributed by atoms with Crippen LogP contribution < -0.4 is 10.6 Å². The van der Waals surface area contributed by atoms with Crippen molar-refractivity contribution in [2.45, 2.75) is 26.3 Å². The van der Waals surface area contributed by atoms with Crippen LogP contribution in [0.25, 0.3) is 0 Å². The minimum Gasteiger partial charge on any atom is -0.383 e. The quantitative estimate of drug-likeness (QED) is 0.692. The first-order valence-corrected chi connectivity index (χ1v) is 4.56. The molecule has 0 spiro atoms. The fraction of sp³-hybridized carbons (Fsp3) is 0.556. The molecule has 0 radical (unpaired) electrons. The molecule has 4 heteroatoms. The molecule has 2 rings (SSSR count). The molecule has 0 aromatic carbocycles. The summed E-state index contributed by atoms with van der Waals surface area (Å²) in [5.74, 6) is 1.65. The topological polar surface area (TPSA) is 55.0 Å². The third kappa shape index (κ3) is 1.22. The number of anilines is 2. The molecular weight excluding hydrogens is 164 g/mol. The molecule has 2 heterocycles. The maximum absolute atomic E-state index is 5.76. The molecular formula is C9H14N4. The number of hydrogen-bond acceptors (Lipinski definition) is 4. The molecule has 4 nitrogen and oxygen atoms in total. The van der Waals surface area contributed by atoms with Crippen LogP contribution in [0.4, 0.5) is 11.6 Å². The van der Waals surface area contributed by atoms with Gasteiger partial charge in [0, 0.05) is 18.2 Å². The normalized spacial score (nSPS) is 15.2. The van der Waals surface area contributed by atoms with E-state index < -0.39 is 0 Å². The highest BCUT2D eigenvalue weighted by Crippen LogP contribution is 2.29. The van der Waals surface area contributed by atoms with Crippen LogP contribution in [-0.2, 0) is 6.42 Å². The maximum Gasteiger partial charge on any atom is 0.137 e. The fourth-order valence-corrected chi connectivity index (χ4v) is 1.74. The third-order valence-corrected chi connectivity index (χ3v) is 2.45. The summed E-state index contributed by atoms with van der Waals surface area (Å²) in [7, 11) is 0. The highest BCUT2D eigenvalue weighted by molar-refractivity contribution is 5.60. The van der Waals surface area contributed by atoms with Crippen molar-refractivity contribution in [3.05, 3.63) is 11.9 Å². The first-order chi connectivity index (χ1) is 6.20. The summed E-state index contributed by atoms with van der Waals surface area (Å²) in [4.78, 5) is 10.5. The Morgan fingerprint density at radius 3 is 2.92 bits per heavy atom. The molecule has 0 bridgehead atoms. The SMILES string of the molecule is CC(C)N1CCc2c(N)ncnc21. The van der Waals surface area contributed by atoms with E-state index in [0.717, 1.165) is 24.3 Å². The zero-order valence-corrected chi connectivity index (χ0v) is 7.99. The Morgan fingerprint density at radius 2 is 2.23 bits per heavy atom. The molecule has 0 saturated heterocycles. The van der Waals surface area contributed by atoms with E-state index in [1.807, 2.05) is 0 Å². The van der Waals surface area contributed by atoms with Crippen LogP contribution in [0.3, 0.4) is 0 Å². The van der Waals surface area contributed by atoms with Crippen molar-refractivity contribution < 1.29 is 0 Å². The summed E-state index contributed by atoms with van der Waals surface area (Å²) in [5, 5.41) is 0. The van der Waals surface area contributed by atoms with Crippen molar-refractivity contribution >= 4 is 11.6 Å². The minimum atomic E-state index is 0.482. The first-order valence-electron chi connectivity index (χ1n) is 4.56. The number of rotatable bonds is 1. The largest absolute Gasteiger partial charge is 0.383 e. The Balaban J connectivity index is 2.43. The Morgan fingerprint density at radius 1 is 1.46 bits per heavy atom. The monoisotopic (exact) mass is 178 g/mol. The Labute approximate surface area is 77.8 Å². The Kier molecular flexibility index (Phi) is 1.83. The van der Waals surface area contributed by atoms with Crippen molar-refractivity contribution in [3.8, 4) is 0 Å². The lowest BCUT2D eigenvalue weighted by atomic mass is 10.2. The lowest BCUT2D eigenvalue weighted by molar-refractivity contribution is 0.702. The van der Waals surface area contributed by atoms with Crippen molar-refractivity contribution in [2.75, 3.05) is 17.2 Å². The molecule has 0 saturated carbocycles. The average Bonchev–Trinajstić information content (AvgIpc) is 2.48. The second-order valence-corrected chi connectivity index (χ2v) is 3.60. The molecule has 1 aliphatic rings. The average molecular weight is 178 g/mol. The summed E-state index contributed by atoms with van der Waals surface area (Å²) < 4.78 is 0. The maximum atomic E-state index is 5.76. The van der Waals surface area contributed by atoms with Gasteiger partial charge in [0.25, 0.3) is 0 Å². The summed E-state index contributed by atoms with van der Waals surface area (Å²) in [6.45, 7) is 5.33. The van der Waals surface area contributed by atoms with Gasteiger partial charge < -0.3 is 10.6 Å². The summed E-state index contributed by atoms with van der Waals surface area (Å²) >= 11 is 0. The molecule has 1 aliphatic heterocycles. The lowest BCUT2D eigenvalue weighted by Gasteiger charge is -2.22. The van der Waals surface area contributed by atoms with Gasteiger partial charge in [-0.25, -0.2) is 9.97 Å². The van der Waals surface area contributed by atoms with Gasteiger partial charge in [-0.05, 0) is 20.3 Å². The number of aromatic nitrogens is 2. The van der Waals surface area contributed by atoms with Crippen molar-refractivity contribution in [1.29, 1.82) is 0 Å². The first kappa shape index (κ1) is 8.29. The van der Waals surface area contributed by atoms with Gasteiger partial charge in [0.05, 0.1) is 0 Å². The number of nitrogens with zero attached hydrogens (tertiary/aromatic N) is 3. The zero-order chi connectivity index (χ0) is 9.42. The predicted octanol–water partition coefficient (Wildman–Crippen LogP) is 0.830. The standard InChI is InChI=1S/C9H14N4/c1-6(2)13-4-3-7-8(10)11-5-12-9(7)13/h5-6H,3-4H2,1-2H3,(H2,10,11,12). The highest BCUT2D eigenvalue weighted by Gasteiger charge is 2.24. The summed E-state index contributed by atoms with van der Waals surface area (Å²) in [5.41, 5.74) is 6.86. The van der Waals surface area contributed by atoms with Crippen LogP contribution in [0.1, 0.15) is 19.4 Å². The molecule has 0 aliphatic carbocycles. The Hall–Kier alpha value is -1.32. The van der Waals surface area contributed by atoms with Gasteiger partial charge >= 0.3 is 0 Å². The van der Waals surface area contributed by atoms with Gasteiger partial charge in [-0.15, -0.1) is 0 Å². The smallest absolute Gasteiger partial charge is 0.137 e. The summed E-state index contributed by atoms with van der Waals surface area (Å²) in [6.07, 6.45) is 2.51. The van der Waals surface area contributed by atoms with E-state index in [-0.39, 0.29) is 0 Å². The molecule has 13 heavy (non-hydrogen) atoms. The molecule has 1 aromatic rings. The number of nitrogens with two attached hydrogens (primary N) is 1. The van der Waals surface area contributed by atoms with E-state index >= 15 is 0 Å². The highest BCUT2D eigenvalue weighted by atomic mass is 15.2. The molecule has 0 atom stereocenters. The predicted molar refractivity (Wildman–Crippen MR) is 52.6 cm³/mol. The molecule has 1 aromatic heterocycles. The second-order valence-electron chi connectivity index (χ2n) is 3.60. The molecule has 0 unspecified atom stereocenters. The van der Waals surface area contributed by atoms with E-state index in [1.165, 1.54) is 6.33 Å². The lowest BCUT2D eigenvalue weighted by Crippen LogP contribution is -2.29. The van der Waals surface area contributed by atoms with Gasteiger partial charge in [0.15, 0.2) is 0 Å². The van der Waals surface area contributed by atoms with Gasteiger partial charge in [-0.1, -0.05) is 0 Å². The molecule has 0 fully saturated rings. The van der Waals surface area contributed by atoms with Crippen molar-refractivity contribution in [2.24, 2.45) is 0 Å². The van der Waals surface area contributed by atoms with Crippen molar-refractivity contribution in [1.82, 2.24) is 9.97 Å². The fourth-order valence-electron chi connectivity index (χ4n) is 1.74. The zero-order valence-electron chi connectivity index (χ0n) is 7.99. The molecule has 2 N–H and O–H groups in total. The van der Waals surface area contributed by atoms with Crippen LogP contribution >= 0.6 is 0 Å². The second kappa shape index (κ2) is 2.87. The number of hydrogen-bond donors (Lipinski definition) is 1. The van der Waals surface area contributed by atoms with E-state index in [1.54, 1.807) is 0 Å². The van der Waals surface area contributed by atoms with E-state index in [2.05, 4.69) is 28.7 Å². The number of fused-ring (bicyclic) bond motifs is 1. The van der Waals surface area contributed by atoms with E-state index in [4.69, 9.17) is 5.73 Å². The molecule has 70 valence electrons.